The van der Waals surface area contributed by atoms with Crippen LogP contribution in [0.2, 0.25) is 0 Å². The molecule has 204 valence electrons. The van der Waals surface area contributed by atoms with E-state index in [0.717, 1.165) is 70.9 Å². The summed E-state index contributed by atoms with van der Waals surface area (Å²) in [6, 6.07) is 10.0. The Morgan fingerprint density at radius 3 is 2.76 bits per heavy atom. The number of aliphatic hydroxyl groups is 1. The quantitative estimate of drug-likeness (QED) is 0.145. The Kier molecular flexibility index (Phi) is 13.9. The highest BCUT2D eigenvalue weighted by atomic mass is 32.2. The summed E-state index contributed by atoms with van der Waals surface area (Å²) in [5, 5.41) is 15.2. The molecular weight excluding hydrogens is 518 g/mol. The van der Waals surface area contributed by atoms with Crippen molar-refractivity contribution in [2.24, 2.45) is 4.99 Å². The predicted molar refractivity (Wildman–Crippen MR) is 163 cm³/mol. The molecule has 2 heterocycles. The number of hydrogen-bond donors (Lipinski definition) is 3. The molecule has 1 fully saturated rings. The van der Waals surface area contributed by atoms with E-state index in [0.29, 0.717) is 11.9 Å². The average molecular weight is 556 g/mol. The fourth-order valence-electron chi connectivity index (χ4n) is 3.81. The van der Waals surface area contributed by atoms with Crippen LogP contribution in [0.25, 0.3) is 10.8 Å². The zero-order valence-electron chi connectivity index (χ0n) is 22.3. The van der Waals surface area contributed by atoms with Gasteiger partial charge in [-0.2, -0.15) is 0 Å². The molecule has 0 aliphatic carbocycles. The van der Waals surface area contributed by atoms with E-state index in [1.54, 1.807) is 35.9 Å². The van der Waals surface area contributed by atoms with Crippen LogP contribution in [0.15, 0.2) is 74.3 Å². The van der Waals surface area contributed by atoms with Crippen molar-refractivity contribution in [3.05, 3.63) is 75.4 Å². The monoisotopic (exact) mass is 555 g/mol. The van der Waals surface area contributed by atoms with Crippen LogP contribution in [0.5, 0.6) is 0 Å². The molecule has 38 heavy (non-hydrogen) atoms. The lowest BCUT2D eigenvalue weighted by Crippen LogP contribution is -2.53. The number of nitrogens with zero attached hydrogens (tertiary/aromatic N) is 3. The van der Waals surface area contributed by atoms with E-state index >= 15 is 0 Å². The lowest BCUT2D eigenvalue weighted by molar-refractivity contribution is -0.129. The molecule has 1 unspecified atom stereocenters. The Labute approximate surface area is 233 Å². The molecule has 0 saturated carbocycles. The normalized spacial score (nSPS) is 15.2. The molecule has 1 saturated heterocycles. The second-order valence-corrected chi connectivity index (χ2v) is 10.6. The average Bonchev–Trinajstić information content (AvgIpc) is 3.58. The maximum Gasteiger partial charge on any atom is 0.246 e. The van der Waals surface area contributed by atoms with Crippen molar-refractivity contribution < 1.29 is 9.90 Å². The summed E-state index contributed by atoms with van der Waals surface area (Å²) >= 11 is 3.22. The van der Waals surface area contributed by atoms with Gasteiger partial charge in [0.05, 0.1) is 10.1 Å². The van der Waals surface area contributed by atoms with Crippen LogP contribution < -0.4 is 16.1 Å². The molecule has 0 bridgehead atoms. The van der Waals surface area contributed by atoms with Crippen LogP contribution in [0.4, 0.5) is 5.82 Å². The first-order valence-corrected chi connectivity index (χ1v) is 14.2. The van der Waals surface area contributed by atoms with Gasteiger partial charge in [-0.3, -0.25) is 14.6 Å². The predicted octanol–water partition coefficient (Wildman–Crippen LogP) is 4.55. The van der Waals surface area contributed by atoms with Crippen molar-refractivity contribution in [3.63, 3.8) is 0 Å². The van der Waals surface area contributed by atoms with Gasteiger partial charge in [-0.05, 0) is 56.0 Å². The van der Waals surface area contributed by atoms with Gasteiger partial charge < -0.3 is 20.6 Å². The summed E-state index contributed by atoms with van der Waals surface area (Å²) in [6.45, 7) is 13.9. The van der Waals surface area contributed by atoms with Gasteiger partial charge in [0.2, 0.25) is 5.91 Å². The van der Waals surface area contributed by atoms with Gasteiger partial charge in [0.15, 0.2) is 5.43 Å². The molecule has 2 aromatic carbocycles. The summed E-state index contributed by atoms with van der Waals surface area (Å²) < 4.78 is 1.01. The third-order valence-corrected chi connectivity index (χ3v) is 7.96. The first-order chi connectivity index (χ1) is 18.5. The highest BCUT2D eigenvalue weighted by molar-refractivity contribution is 8.22. The minimum atomic E-state index is 0.0694. The number of thioether (sulfide) groups is 2. The second kappa shape index (κ2) is 16.8. The fraction of sp³-hybridized carbons (Fsp3) is 0.357. The van der Waals surface area contributed by atoms with Crippen molar-refractivity contribution in [2.75, 3.05) is 37.9 Å². The second-order valence-electron chi connectivity index (χ2n) is 8.29. The number of hydrogen-bond acceptors (Lipinski definition) is 9. The molecule has 10 heteroatoms. The first-order valence-electron chi connectivity index (χ1n) is 12.4. The molecule has 1 aliphatic heterocycles. The van der Waals surface area contributed by atoms with Crippen LogP contribution in [-0.4, -0.2) is 66.3 Å². The van der Waals surface area contributed by atoms with Gasteiger partial charge in [-0.1, -0.05) is 49.5 Å². The van der Waals surface area contributed by atoms with E-state index in [2.05, 4.69) is 40.8 Å². The number of aromatic nitrogens is 1. The van der Waals surface area contributed by atoms with Crippen LogP contribution in [0.1, 0.15) is 25.3 Å². The topological polar surface area (TPSA) is 107 Å². The number of carbonyl (C=O) groups is 1. The van der Waals surface area contributed by atoms with Gasteiger partial charge in [0, 0.05) is 60.9 Å². The van der Waals surface area contributed by atoms with E-state index in [9.17, 15) is 9.59 Å². The van der Waals surface area contributed by atoms with Gasteiger partial charge in [0.1, 0.15) is 5.82 Å². The molecule has 0 radical (unpaired) electrons. The highest BCUT2D eigenvalue weighted by Crippen LogP contribution is 2.38. The number of nitrogens with one attached hydrogen (secondary N) is 2. The molecule has 4 rings (SSSR count). The van der Waals surface area contributed by atoms with Crippen LogP contribution in [-0.2, 0) is 4.79 Å². The van der Waals surface area contributed by atoms with Gasteiger partial charge in [-0.25, -0.2) is 4.98 Å². The maximum absolute atomic E-state index is 11.5. The van der Waals surface area contributed by atoms with Crippen molar-refractivity contribution in [1.29, 1.82) is 0 Å². The SMILES string of the molecule is C=CC(=O)N1CCNCC1CCC.C=N/C=C(\SCNc1ccccn1)Sc1cc2c(=O)c2cc1C.CO. The molecular formula is C28H37N5O3S2. The molecule has 1 atom stereocenters. The molecule has 3 N–H and O–H groups in total. The number of rotatable bonds is 10. The third-order valence-electron chi connectivity index (χ3n) is 5.71. The molecule has 3 aromatic rings. The van der Waals surface area contributed by atoms with Crippen molar-refractivity contribution in [3.8, 4) is 0 Å². The third kappa shape index (κ3) is 9.43. The maximum atomic E-state index is 11.5. The largest absolute Gasteiger partial charge is 0.400 e. The van der Waals surface area contributed by atoms with E-state index in [1.807, 2.05) is 42.2 Å². The van der Waals surface area contributed by atoms with Crippen molar-refractivity contribution >= 4 is 52.7 Å². The molecule has 1 amide bonds. The summed E-state index contributed by atoms with van der Waals surface area (Å²) in [4.78, 5) is 34.0. The van der Waals surface area contributed by atoms with Crippen LogP contribution >= 0.6 is 23.5 Å². The number of piperazine rings is 1. The summed E-state index contributed by atoms with van der Waals surface area (Å²) in [6.07, 6.45) is 7.10. The Hall–Kier alpha value is -2.92. The Bertz CT molecular complexity index is 1220. The molecule has 8 nitrogen and oxygen atoms in total. The Morgan fingerprint density at radius 1 is 1.34 bits per heavy atom. The van der Waals surface area contributed by atoms with Crippen LogP contribution in [0.3, 0.4) is 0 Å². The standard InChI is InChI=1S/C17H15N3OS2.C10H18N2O.CH4O/c1-11-7-12-13(17(12)21)8-14(11)23-16(9-18-2)22-10-20-15-5-3-4-6-19-15;1-3-5-9-8-11-6-7-12(9)10(13)4-2;1-2/h3-9H,2,10H2,1H3,(H,19,20);4,9,11H,2-3,5-8H2,1H3;2H,1H3/b16-9+;;. The Morgan fingerprint density at radius 2 is 2.11 bits per heavy atom. The molecule has 1 aromatic heterocycles. The summed E-state index contributed by atoms with van der Waals surface area (Å²) in [5.41, 5.74) is 1.27. The summed E-state index contributed by atoms with van der Waals surface area (Å²) in [7, 11) is 1.00. The number of aliphatic hydroxyl groups excluding tert-OH is 1. The minimum absolute atomic E-state index is 0.0694. The van der Waals surface area contributed by atoms with Crippen molar-refractivity contribution in [2.45, 2.75) is 37.6 Å². The van der Waals surface area contributed by atoms with Gasteiger partial charge in [-0.15, -0.1) is 0 Å². The van der Waals surface area contributed by atoms with Gasteiger partial charge >= 0.3 is 0 Å². The zero-order valence-corrected chi connectivity index (χ0v) is 23.9. The summed E-state index contributed by atoms with van der Waals surface area (Å²) in [5.74, 6) is 1.58. The Balaban J connectivity index is 0.000000288. The molecule has 0 spiro atoms. The van der Waals surface area contributed by atoms with Crippen molar-refractivity contribution in [1.82, 2.24) is 15.2 Å². The number of aliphatic imine (C=N–C) groups is 1. The highest BCUT2D eigenvalue weighted by Gasteiger charge is 2.23. The first kappa shape index (κ1) is 31.3. The number of pyridine rings is 1. The van der Waals surface area contributed by atoms with E-state index < -0.39 is 0 Å². The minimum Gasteiger partial charge on any atom is -0.400 e. The van der Waals surface area contributed by atoms with E-state index in [4.69, 9.17) is 5.11 Å². The lowest BCUT2D eigenvalue weighted by atomic mass is 10.1. The van der Waals surface area contributed by atoms with E-state index in [1.165, 1.54) is 6.08 Å². The number of carbonyl (C=O) groups excluding carboxylic acids is 1. The number of anilines is 1. The molecule has 1 aliphatic rings. The zero-order chi connectivity index (χ0) is 27.9. The van der Waals surface area contributed by atoms with Crippen LogP contribution in [0, 0.1) is 6.92 Å². The number of fused-ring (bicyclic) bond motifs is 1. The smallest absolute Gasteiger partial charge is 0.246 e. The fourth-order valence-corrected chi connectivity index (χ4v) is 5.75. The number of amides is 1. The number of aryl methyl sites for hydroxylation is 1. The number of benzene rings is 1. The van der Waals surface area contributed by atoms with E-state index in [-0.39, 0.29) is 11.3 Å². The van der Waals surface area contributed by atoms with Gasteiger partial charge in [0.25, 0.3) is 0 Å². The lowest BCUT2D eigenvalue weighted by Gasteiger charge is -2.35.